The fourth-order valence-corrected chi connectivity index (χ4v) is 1.61. The molecule has 0 radical (unpaired) electrons. The van der Waals surface area contributed by atoms with Crippen molar-refractivity contribution >= 4 is 0 Å². The Morgan fingerprint density at radius 3 is 2.78 bits per heavy atom. The van der Waals surface area contributed by atoms with Gasteiger partial charge in [0.05, 0.1) is 6.61 Å². The summed E-state index contributed by atoms with van der Waals surface area (Å²) >= 11 is 0. The first-order valence-electron chi connectivity index (χ1n) is 6.57. The van der Waals surface area contributed by atoms with E-state index in [0.29, 0.717) is 12.5 Å². The Kier molecular flexibility index (Phi) is 7.37. The largest absolute Gasteiger partial charge is 0.478 e. The molecule has 4 heteroatoms. The van der Waals surface area contributed by atoms with Crippen molar-refractivity contribution in [3.63, 3.8) is 0 Å². The van der Waals surface area contributed by atoms with Crippen LogP contribution in [0, 0.1) is 6.92 Å². The molecule has 0 amide bonds. The second-order valence-corrected chi connectivity index (χ2v) is 4.27. The lowest BCUT2D eigenvalue weighted by atomic mass is 10.2. The van der Waals surface area contributed by atoms with Crippen molar-refractivity contribution in [1.82, 2.24) is 10.3 Å². The zero-order valence-corrected chi connectivity index (χ0v) is 11.7. The van der Waals surface area contributed by atoms with Crippen LogP contribution in [0.5, 0.6) is 5.88 Å². The van der Waals surface area contributed by atoms with Gasteiger partial charge in [-0.15, -0.1) is 0 Å². The van der Waals surface area contributed by atoms with Crippen LogP contribution in [0.15, 0.2) is 12.1 Å². The van der Waals surface area contributed by atoms with Crippen molar-refractivity contribution in [3.8, 4) is 5.88 Å². The number of aromatic nitrogens is 1. The number of nitrogens with one attached hydrogen (secondary N) is 1. The highest BCUT2D eigenvalue weighted by Gasteiger charge is 2.02. The van der Waals surface area contributed by atoms with Crippen molar-refractivity contribution < 1.29 is 9.47 Å². The molecule has 0 bridgehead atoms. The average Bonchev–Trinajstić information content (AvgIpc) is 2.37. The lowest BCUT2D eigenvalue weighted by molar-refractivity contribution is 0.170. The number of rotatable bonds is 9. The molecule has 0 spiro atoms. The summed E-state index contributed by atoms with van der Waals surface area (Å²) in [7, 11) is 1.69. The van der Waals surface area contributed by atoms with E-state index >= 15 is 0 Å². The van der Waals surface area contributed by atoms with Gasteiger partial charge in [0, 0.05) is 38.4 Å². The van der Waals surface area contributed by atoms with E-state index in [1.165, 1.54) is 5.56 Å². The predicted octanol–water partition coefficient (Wildman–Crippen LogP) is 2.30. The van der Waals surface area contributed by atoms with Gasteiger partial charge < -0.3 is 14.8 Å². The standard InChI is InChI=1S/C14H24N2O2/c1-4-8-15-11-13-6-7-14(16-12(13)2)18-10-5-9-17-3/h6-7,15H,4-5,8-11H2,1-3H3. The maximum atomic E-state index is 5.56. The molecule has 0 aromatic carbocycles. The first-order chi connectivity index (χ1) is 8.77. The molecule has 0 aliphatic carbocycles. The molecule has 0 aliphatic rings. The van der Waals surface area contributed by atoms with Crippen LogP contribution >= 0.6 is 0 Å². The van der Waals surface area contributed by atoms with Gasteiger partial charge in [0.25, 0.3) is 0 Å². The van der Waals surface area contributed by atoms with E-state index in [1.807, 2.05) is 13.0 Å². The fourth-order valence-electron chi connectivity index (χ4n) is 1.61. The number of methoxy groups -OCH3 is 1. The maximum absolute atomic E-state index is 5.56. The van der Waals surface area contributed by atoms with E-state index in [4.69, 9.17) is 9.47 Å². The third kappa shape index (κ3) is 5.47. The Morgan fingerprint density at radius 2 is 2.11 bits per heavy atom. The van der Waals surface area contributed by atoms with Gasteiger partial charge in [-0.3, -0.25) is 0 Å². The number of aryl methyl sites for hydroxylation is 1. The normalized spacial score (nSPS) is 10.6. The Balaban J connectivity index is 2.41. The van der Waals surface area contributed by atoms with Crippen molar-refractivity contribution in [2.24, 2.45) is 0 Å². The van der Waals surface area contributed by atoms with Gasteiger partial charge in [0.15, 0.2) is 0 Å². The Labute approximate surface area is 110 Å². The van der Waals surface area contributed by atoms with Crippen LogP contribution < -0.4 is 10.1 Å². The van der Waals surface area contributed by atoms with Crippen LogP contribution in [0.1, 0.15) is 31.0 Å². The molecule has 102 valence electrons. The van der Waals surface area contributed by atoms with Crippen LogP contribution in [0.25, 0.3) is 0 Å². The summed E-state index contributed by atoms with van der Waals surface area (Å²) in [6.07, 6.45) is 2.03. The Hall–Kier alpha value is -1.13. The molecule has 0 saturated carbocycles. The second-order valence-electron chi connectivity index (χ2n) is 4.27. The number of nitrogens with zero attached hydrogens (tertiary/aromatic N) is 1. The maximum Gasteiger partial charge on any atom is 0.213 e. The van der Waals surface area contributed by atoms with Gasteiger partial charge in [-0.2, -0.15) is 0 Å². The van der Waals surface area contributed by atoms with Crippen molar-refractivity contribution in [2.45, 2.75) is 33.2 Å². The van der Waals surface area contributed by atoms with Gasteiger partial charge in [-0.25, -0.2) is 4.98 Å². The number of hydrogen-bond acceptors (Lipinski definition) is 4. The highest BCUT2D eigenvalue weighted by Crippen LogP contribution is 2.12. The van der Waals surface area contributed by atoms with Crippen LogP contribution in [0.2, 0.25) is 0 Å². The number of ether oxygens (including phenoxy) is 2. The summed E-state index contributed by atoms with van der Waals surface area (Å²) in [4.78, 5) is 4.45. The molecule has 1 rings (SSSR count). The van der Waals surface area contributed by atoms with Crippen molar-refractivity contribution in [1.29, 1.82) is 0 Å². The van der Waals surface area contributed by atoms with E-state index in [9.17, 15) is 0 Å². The first-order valence-corrected chi connectivity index (χ1v) is 6.57. The fraction of sp³-hybridized carbons (Fsp3) is 0.643. The van der Waals surface area contributed by atoms with E-state index in [0.717, 1.165) is 38.2 Å². The first kappa shape index (κ1) is 14.9. The zero-order valence-electron chi connectivity index (χ0n) is 11.7. The monoisotopic (exact) mass is 252 g/mol. The molecule has 0 fully saturated rings. The average molecular weight is 252 g/mol. The summed E-state index contributed by atoms with van der Waals surface area (Å²) in [6, 6.07) is 4.01. The minimum Gasteiger partial charge on any atom is -0.478 e. The van der Waals surface area contributed by atoms with E-state index in [2.05, 4.69) is 23.3 Å². The molecule has 1 heterocycles. The predicted molar refractivity (Wildman–Crippen MR) is 73.0 cm³/mol. The molecule has 1 aromatic rings. The Bertz CT molecular complexity index is 343. The third-order valence-electron chi connectivity index (χ3n) is 2.65. The van der Waals surface area contributed by atoms with E-state index in [1.54, 1.807) is 7.11 Å². The van der Waals surface area contributed by atoms with E-state index in [-0.39, 0.29) is 0 Å². The summed E-state index contributed by atoms with van der Waals surface area (Å²) in [5, 5.41) is 3.37. The summed E-state index contributed by atoms with van der Waals surface area (Å²) in [6.45, 7) is 7.46. The van der Waals surface area contributed by atoms with Crippen LogP contribution in [-0.4, -0.2) is 31.9 Å². The van der Waals surface area contributed by atoms with Gasteiger partial charge in [-0.1, -0.05) is 13.0 Å². The molecule has 0 aliphatic heterocycles. The summed E-state index contributed by atoms with van der Waals surface area (Å²) < 4.78 is 10.5. The quantitative estimate of drug-likeness (QED) is 0.685. The SMILES string of the molecule is CCCNCc1ccc(OCCCOC)nc1C. The highest BCUT2D eigenvalue weighted by atomic mass is 16.5. The van der Waals surface area contributed by atoms with E-state index < -0.39 is 0 Å². The lowest BCUT2D eigenvalue weighted by Crippen LogP contribution is -2.15. The molecular formula is C14H24N2O2. The molecule has 1 aromatic heterocycles. The molecule has 18 heavy (non-hydrogen) atoms. The van der Waals surface area contributed by atoms with Gasteiger partial charge in [0.1, 0.15) is 0 Å². The molecule has 0 unspecified atom stereocenters. The topological polar surface area (TPSA) is 43.4 Å². The second kappa shape index (κ2) is 8.89. The number of pyridine rings is 1. The number of hydrogen-bond donors (Lipinski definition) is 1. The minimum absolute atomic E-state index is 0.647. The van der Waals surface area contributed by atoms with Crippen LogP contribution in [0.3, 0.4) is 0 Å². The Morgan fingerprint density at radius 1 is 1.28 bits per heavy atom. The molecular weight excluding hydrogens is 228 g/mol. The smallest absolute Gasteiger partial charge is 0.213 e. The summed E-state index contributed by atoms with van der Waals surface area (Å²) in [5.41, 5.74) is 2.26. The zero-order chi connectivity index (χ0) is 13.2. The third-order valence-corrected chi connectivity index (χ3v) is 2.65. The van der Waals surface area contributed by atoms with Crippen LogP contribution in [0.4, 0.5) is 0 Å². The summed E-state index contributed by atoms with van der Waals surface area (Å²) in [5.74, 6) is 0.697. The van der Waals surface area contributed by atoms with Crippen molar-refractivity contribution in [3.05, 3.63) is 23.4 Å². The molecule has 1 N–H and O–H groups in total. The van der Waals surface area contributed by atoms with Gasteiger partial charge in [-0.05, 0) is 25.5 Å². The van der Waals surface area contributed by atoms with Gasteiger partial charge >= 0.3 is 0 Å². The van der Waals surface area contributed by atoms with Gasteiger partial charge in [0.2, 0.25) is 5.88 Å². The highest BCUT2D eigenvalue weighted by molar-refractivity contribution is 5.24. The molecule has 4 nitrogen and oxygen atoms in total. The van der Waals surface area contributed by atoms with Crippen molar-refractivity contribution in [2.75, 3.05) is 26.9 Å². The molecule has 0 atom stereocenters. The molecule has 0 saturated heterocycles. The lowest BCUT2D eigenvalue weighted by Gasteiger charge is -2.09. The minimum atomic E-state index is 0.647. The van der Waals surface area contributed by atoms with Crippen LogP contribution in [-0.2, 0) is 11.3 Å².